The molecule has 2 amide bonds. The van der Waals surface area contributed by atoms with Crippen molar-refractivity contribution in [2.75, 3.05) is 26.2 Å². The molecule has 32 heavy (non-hydrogen) atoms. The van der Waals surface area contributed by atoms with Crippen LogP contribution in [-0.4, -0.2) is 51.6 Å². The molecule has 2 aromatic heterocycles. The third kappa shape index (κ3) is 4.50. The minimum Gasteiger partial charge on any atom is -0.327 e. The summed E-state index contributed by atoms with van der Waals surface area (Å²) >= 11 is 0. The zero-order valence-corrected chi connectivity index (χ0v) is 18.0. The number of rotatable bonds is 5. The van der Waals surface area contributed by atoms with Crippen molar-refractivity contribution >= 4 is 11.5 Å². The highest BCUT2D eigenvalue weighted by atomic mass is 16.2. The summed E-state index contributed by atoms with van der Waals surface area (Å²) in [7, 11) is 0. The molecule has 1 fully saturated rings. The lowest BCUT2D eigenvalue weighted by molar-refractivity contribution is 0.133. The molecule has 0 aliphatic carbocycles. The quantitative estimate of drug-likeness (QED) is 0.527. The summed E-state index contributed by atoms with van der Waals surface area (Å²) in [5.74, 6) is 0. The standard InChI is InChI=1S/C26H27N5O/c32-26(27-25(21-9-3-1-4-10-21)22-11-5-2-6-12-22)30-17-15-29(16-18-30)20-23-19-24-13-7-8-14-31(24)28-23/h1-14,19,25H,15-18,20H2,(H,27,32). The topological polar surface area (TPSA) is 52.9 Å². The lowest BCUT2D eigenvalue weighted by Crippen LogP contribution is -2.52. The molecule has 0 atom stereocenters. The van der Waals surface area contributed by atoms with Gasteiger partial charge in [0.1, 0.15) is 0 Å². The number of hydrogen-bond donors (Lipinski definition) is 1. The van der Waals surface area contributed by atoms with Crippen LogP contribution in [0.25, 0.3) is 5.52 Å². The Bertz CT molecular complexity index is 1090. The van der Waals surface area contributed by atoms with Crippen molar-refractivity contribution in [3.63, 3.8) is 0 Å². The molecule has 1 aliphatic rings. The van der Waals surface area contributed by atoms with Crippen LogP contribution in [0.1, 0.15) is 22.9 Å². The van der Waals surface area contributed by atoms with E-state index in [0.717, 1.165) is 42.0 Å². The third-order valence-corrected chi connectivity index (χ3v) is 6.00. The van der Waals surface area contributed by atoms with E-state index in [0.29, 0.717) is 13.1 Å². The fourth-order valence-corrected chi connectivity index (χ4v) is 4.27. The van der Waals surface area contributed by atoms with Gasteiger partial charge in [0.2, 0.25) is 0 Å². The molecule has 1 N–H and O–H groups in total. The minimum atomic E-state index is -0.166. The summed E-state index contributed by atoms with van der Waals surface area (Å²) in [5, 5.41) is 7.90. The van der Waals surface area contributed by atoms with Gasteiger partial charge in [-0.3, -0.25) is 4.90 Å². The average molecular weight is 426 g/mol. The van der Waals surface area contributed by atoms with Gasteiger partial charge in [-0.1, -0.05) is 66.7 Å². The van der Waals surface area contributed by atoms with E-state index in [9.17, 15) is 4.79 Å². The molecule has 4 aromatic rings. The predicted molar refractivity (Wildman–Crippen MR) is 125 cm³/mol. The van der Waals surface area contributed by atoms with Crippen molar-refractivity contribution in [1.29, 1.82) is 0 Å². The van der Waals surface area contributed by atoms with Crippen LogP contribution < -0.4 is 5.32 Å². The summed E-state index contributed by atoms with van der Waals surface area (Å²) < 4.78 is 1.91. The summed E-state index contributed by atoms with van der Waals surface area (Å²) in [6.07, 6.45) is 1.97. The minimum absolute atomic E-state index is 0.0184. The van der Waals surface area contributed by atoms with Crippen LogP contribution in [0.15, 0.2) is 91.1 Å². The molecule has 5 rings (SSSR count). The number of fused-ring (bicyclic) bond motifs is 1. The largest absolute Gasteiger partial charge is 0.327 e. The average Bonchev–Trinajstić information content (AvgIpc) is 3.26. The van der Waals surface area contributed by atoms with Crippen molar-refractivity contribution in [1.82, 2.24) is 24.7 Å². The number of pyridine rings is 1. The lowest BCUT2D eigenvalue weighted by atomic mass is 9.99. The molecule has 1 aliphatic heterocycles. The molecule has 3 heterocycles. The smallest absolute Gasteiger partial charge is 0.318 e. The number of urea groups is 1. The number of hydrogen-bond acceptors (Lipinski definition) is 3. The van der Waals surface area contributed by atoms with Gasteiger partial charge in [0.05, 0.1) is 17.3 Å². The number of aromatic nitrogens is 2. The maximum absolute atomic E-state index is 13.1. The first-order chi connectivity index (χ1) is 15.8. The van der Waals surface area contributed by atoms with Gasteiger partial charge in [-0.05, 0) is 29.3 Å². The van der Waals surface area contributed by atoms with Gasteiger partial charge < -0.3 is 10.2 Å². The normalized spacial score (nSPS) is 14.7. The van der Waals surface area contributed by atoms with Gasteiger partial charge in [-0.2, -0.15) is 5.10 Å². The molecule has 0 spiro atoms. The lowest BCUT2D eigenvalue weighted by Gasteiger charge is -2.35. The highest BCUT2D eigenvalue weighted by Gasteiger charge is 2.24. The molecule has 6 heteroatoms. The molecule has 0 bridgehead atoms. The van der Waals surface area contributed by atoms with E-state index in [2.05, 4.69) is 51.7 Å². The van der Waals surface area contributed by atoms with E-state index < -0.39 is 0 Å². The van der Waals surface area contributed by atoms with E-state index in [1.807, 2.05) is 64.1 Å². The van der Waals surface area contributed by atoms with E-state index in [1.165, 1.54) is 0 Å². The highest BCUT2D eigenvalue weighted by molar-refractivity contribution is 5.75. The first-order valence-corrected chi connectivity index (χ1v) is 11.1. The molecule has 1 saturated heterocycles. The monoisotopic (exact) mass is 425 g/mol. The van der Waals surface area contributed by atoms with Gasteiger partial charge in [-0.15, -0.1) is 0 Å². The number of piperazine rings is 1. The zero-order chi connectivity index (χ0) is 21.8. The fraction of sp³-hybridized carbons (Fsp3) is 0.231. The third-order valence-electron chi connectivity index (χ3n) is 6.00. The molecular weight excluding hydrogens is 398 g/mol. The Morgan fingerprint density at radius 1 is 0.844 bits per heavy atom. The Labute approximate surface area is 188 Å². The van der Waals surface area contributed by atoms with Crippen LogP contribution >= 0.6 is 0 Å². The molecule has 6 nitrogen and oxygen atoms in total. The van der Waals surface area contributed by atoms with Crippen LogP contribution in [0.3, 0.4) is 0 Å². The van der Waals surface area contributed by atoms with Gasteiger partial charge in [0.25, 0.3) is 0 Å². The maximum atomic E-state index is 13.1. The number of nitrogens with one attached hydrogen (secondary N) is 1. The van der Waals surface area contributed by atoms with Crippen LogP contribution in [0.5, 0.6) is 0 Å². The van der Waals surface area contributed by atoms with Gasteiger partial charge >= 0.3 is 6.03 Å². The van der Waals surface area contributed by atoms with E-state index in [4.69, 9.17) is 0 Å². The Balaban J connectivity index is 1.21. The van der Waals surface area contributed by atoms with E-state index >= 15 is 0 Å². The maximum Gasteiger partial charge on any atom is 0.318 e. The Kier molecular flexibility index (Phi) is 5.85. The second-order valence-corrected chi connectivity index (χ2v) is 8.17. The summed E-state index contributed by atoms with van der Waals surface area (Å²) in [6, 6.07) is 28.3. The summed E-state index contributed by atoms with van der Waals surface area (Å²) in [6.45, 7) is 3.88. The molecule has 0 unspecified atom stereocenters. The Morgan fingerprint density at radius 2 is 1.47 bits per heavy atom. The second-order valence-electron chi connectivity index (χ2n) is 8.17. The zero-order valence-electron chi connectivity index (χ0n) is 18.0. The highest BCUT2D eigenvalue weighted by Crippen LogP contribution is 2.22. The number of benzene rings is 2. The number of amides is 2. The molecular formula is C26H27N5O. The van der Waals surface area contributed by atoms with Gasteiger partial charge in [-0.25, -0.2) is 9.31 Å². The van der Waals surface area contributed by atoms with Crippen molar-refractivity contribution in [2.45, 2.75) is 12.6 Å². The van der Waals surface area contributed by atoms with Crippen molar-refractivity contribution in [2.24, 2.45) is 0 Å². The first-order valence-electron chi connectivity index (χ1n) is 11.1. The number of carbonyl (C=O) groups excluding carboxylic acids is 1. The van der Waals surface area contributed by atoms with Crippen LogP contribution in [0.2, 0.25) is 0 Å². The Morgan fingerprint density at radius 3 is 2.09 bits per heavy atom. The molecule has 0 saturated carbocycles. The van der Waals surface area contributed by atoms with Crippen molar-refractivity contribution in [3.05, 3.63) is 108 Å². The second kappa shape index (κ2) is 9.24. The predicted octanol–water partition coefficient (Wildman–Crippen LogP) is 3.95. The summed E-state index contributed by atoms with van der Waals surface area (Å²) in [5.41, 5.74) is 4.32. The summed E-state index contributed by atoms with van der Waals surface area (Å²) in [4.78, 5) is 17.4. The van der Waals surface area contributed by atoms with Crippen LogP contribution in [0, 0.1) is 0 Å². The van der Waals surface area contributed by atoms with Crippen LogP contribution in [-0.2, 0) is 6.54 Å². The van der Waals surface area contributed by atoms with Crippen LogP contribution in [0.4, 0.5) is 4.79 Å². The molecule has 0 radical (unpaired) electrons. The molecule has 162 valence electrons. The first kappa shape index (κ1) is 20.3. The number of carbonyl (C=O) groups is 1. The van der Waals surface area contributed by atoms with E-state index in [-0.39, 0.29) is 12.1 Å². The van der Waals surface area contributed by atoms with Gasteiger partial charge in [0.15, 0.2) is 0 Å². The molecule has 2 aromatic carbocycles. The van der Waals surface area contributed by atoms with Crippen molar-refractivity contribution in [3.8, 4) is 0 Å². The Hall–Kier alpha value is -3.64. The van der Waals surface area contributed by atoms with Crippen molar-refractivity contribution < 1.29 is 4.79 Å². The SMILES string of the molecule is O=C(NC(c1ccccc1)c1ccccc1)N1CCN(Cc2cc3ccccn3n2)CC1. The van der Waals surface area contributed by atoms with Gasteiger partial charge in [0, 0.05) is 38.9 Å². The number of nitrogens with zero attached hydrogens (tertiary/aromatic N) is 4. The fourth-order valence-electron chi connectivity index (χ4n) is 4.27. The van der Waals surface area contributed by atoms with E-state index in [1.54, 1.807) is 0 Å².